The van der Waals surface area contributed by atoms with Crippen molar-refractivity contribution in [2.45, 2.75) is 19.3 Å². The van der Waals surface area contributed by atoms with Crippen LogP contribution in [0.2, 0.25) is 0 Å². The SMILES string of the molecule is CC(F)(F)c1cc2c(cc1CCN1CCNCC1)OCCO2. The second kappa shape index (κ2) is 6.38. The van der Waals surface area contributed by atoms with E-state index in [1.54, 1.807) is 6.07 Å². The van der Waals surface area contributed by atoms with E-state index in [2.05, 4.69) is 10.2 Å². The second-order valence-electron chi connectivity index (χ2n) is 5.88. The summed E-state index contributed by atoms with van der Waals surface area (Å²) in [5.41, 5.74) is 0.696. The standard InChI is InChI=1S/C16H22F2N2O2/c1-16(17,18)13-11-15-14(21-8-9-22-15)10-12(13)2-5-20-6-3-19-4-7-20/h10-11,19H,2-9H2,1H3. The minimum atomic E-state index is -2.88. The number of ether oxygens (including phenoxy) is 2. The molecule has 0 radical (unpaired) electrons. The summed E-state index contributed by atoms with van der Waals surface area (Å²) >= 11 is 0. The van der Waals surface area contributed by atoms with E-state index in [1.165, 1.54) is 6.07 Å². The highest BCUT2D eigenvalue weighted by Crippen LogP contribution is 2.39. The van der Waals surface area contributed by atoms with Gasteiger partial charge in [0.25, 0.3) is 5.92 Å². The van der Waals surface area contributed by atoms with Crippen LogP contribution < -0.4 is 14.8 Å². The number of hydrogen-bond donors (Lipinski definition) is 1. The van der Waals surface area contributed by atoms with E-state index in [1.807, 2.05) is 0 Å². The van der Waals surface area contributed by atoms with Crippen molar-refractivity contribution in [3.63, 3.8) is 0 Å². The fourth-order valence-corrected chi connectivity index (χ4v) is 2.96. The molecule has 2 heterocycles. The Hall–Kier alpha value is -1.40. The summed E-state index contributed by atoms with van der Waals surface area (Å²) in [5.74, 6) is -1.88. The Morgan fingerprint density at radius 2 is 1.77 bits per heavy atom. The highest BCUT2D eigenvalue weighted by atomic mass is 19.3. The highest BCUT2D eigenvalue weighted by Gasteiger charge is 2.30. The van der Waals surface area contributed by atoms with E-state index in [-0.39, 0.29) is 5.56 Å². The molecule has 0 unspecified atom stereocenters. The van der Waals surface area contributed by atoms with Crippen LogP contribution in [0.15, 0.2) is 12.1 Å². The van der Waals surface area contributed by atoms with Crippen molar-refractivity contribution < 1.29 is 18.3 Å². The maximum Gasteiger partial charge on any atom is 0.270 e. The Morgan fingerprint density at radius 3 is 2.41 bits per heavy atom. The molecule has 2 aliphatic rings. The number of alkyl halides is 2. The van der Waals surface area contributed by atoms with Gasteiger partial charge in [0.05, 0.1) is 0 Å². The lowest BCUT2D eigenvalue weighted by atomic mass is 9.98. The van der Waals surface area contributed by atoms with E-state index in [4.69, 9.17) is 9.47 Å². The maximum atomic E-state index is 13.9. The number of fused-ring (bicyclic) bond motifs is 1. The molecule has 0 bridgehead atoms. The van der Waals surface area contributed by atoms with Gasteiger partial charge < -0.3 is 19.7 Å². The van der Waals surface area contributed by atoms with Crippen LogP contribution in [0.5, 0.6) is 11.5 Å². The molecule has 0 saturated carbocycles. The predicted octanol–water partition coefficient (Wildman–Crippen LogP) is 2.02. The zero-order valence-corrected chi connectivity index (χ0v) is 12.8. The molecule has 6 heteroatoms. The molecule has 1 saturated heterocycles. The number of nitrogens with one attached hydrogen (secondary N) is 1. The van der Waals surface area contributed by atoms with Crippen molar-refractivity contribution in [2.75, 3.05) is 45.9 Å². The molecule has 0 aromatic heterocycles. The van der Waals surface area contributed by atoms with Crippen LogP contribution in [0.1, 0.15) is 18.1 Å². The molecule has 0 amide bonds. The van der Waals surface area contributed by atoms with Crippen LogP contribution in [-0.2, 0) is 12.3 Å². The van der Waals surface area contributed by atoms with Gasteiger partial charge in [0.15, 0.2) is 11.5 Å². The van der Waals surface area contributed by atoms with Gasteiger partial charge in [-0.25, -0.2) is 8.78 Å². The average molecular weight is 312 g/mol. The summed E-state index contributed by atoms with van der Waals surface area (Å²) in [7, 11) is 0. The molecule has 4 nitrogen and oxygen atoms in total. The van der Waals surface area contributed by atoms with Crippen LogP contribution in [0.4, 0.5) is 8.78 Å². The minimum Gasteiger partial charge on any atom is -0.486 e. The third-order valence-corrected chi connectivity index (χ3v) is 4.15. The lowest BCUT2D eigenvalue weighted by Crippen LogP contribution is -2.44. The number of rotatable bonds is 4. The van der Waals surface area contributed by atoms with Crippen LogP contribution in [0.25, 0.3) is 0 Å². The summed E-state index contributed by atoms with van der Waals surface area (Å²) in [6, 6.07) is 3.17. The first kappa shape index (κ1) is 15.5. The minimum absolute atomic E-state index is 0.0480. The normalized spacial score (nSPS) is 19.2. The smallest absolute Gasteiger partial charge is 0.270 e. The van der Waals surface area contributed by atoms with Gasteiger partial charge in [-0.3, -0.25) is 0 Å². The Morgan fingerprint density at radius 1 is 1.14 bits per heavy atom. The third kappa shape index (κ3) is 3.50. The van der Waals surface area contributed by atoms with E-state index >= 15 is 0 Å². The fourth-order valence-electron chi connectivity index (χ4n) is 2.96. The Labute approximate surface area is 129 Å². The molecule has 1 fully saturated rings. The van der Waals surface area contributed by atoms with E-state index in [0.29, 0.717) is 36.7 Å². The van der Waals surface area contributed by atoms with Gasteiger partial charge in [0.1, 0.15) is 13.2 Å². The molecular formula is C16H22F2N2O2. The van der Waals surface area contributed by atoms with Gasteiger partial charge in [-0.15, -0.1) is 0 Å². The van der Waals surface area contributed by atoms with Crippen molar-refractivity contribution >= 4 is 0 Å². The van der Waals surface area contributed by atoms with Crippen molar-refractivity contribution in [3.8, 4) is 11.5 Å². The van der Waals surface area contributed by atoms with Crippen LogP contribution in [-0.4, -0.2) is 50.8 Å². The van der Waals surface area contributed by atoms with Gasteiger partial charge in [0.2, 0.25) is 0 Å². The number of nitrogens with zero attached hydrogens (tertiary/aromatic N) is 1. The summed E-state index contributed by atoms with van der Waals surface area (Å²) in [5, 5.41) is 3.29. The molecule has 0 atom stereocenters. The second-order valence-corrected chi connectivity index (χ2v) is 5.88. The zero-order chi connectivity index (χ0) is 15.6. The quantitative estimate of drug-likeness (QED) is 0.922. The van der Waals surface area contributed by atoms with Crippen molar-refractivity contribution in [1.29, 1.82) is 0 Å². The summed E-state index contributed by atoms with van der Waals surface area (Å²) in [6.45, 7) is 6.42. The molecule has 0 aliphatic carbocycles. The first-order valence-corrected chi connectivity index (χ1v) is 7.78. The topological polar surface area (TPSA) is 33.7 Å². The first-order chi connectivity index (χ1) is 10.5. The van der Waals surface area contributed by atoms with E-state index < -0.39 is 5.92 Å². The Bertz CT molecular complexity index is 526. The van der Waals surface area contributed by atoms with E-state index in [0.717, 1.165) is 39.6 Å². The first-order valence-electron chi connectivity index (χ1n) is 7.78. The maximum absolute atomic E-state index is 13.9. The van der Waals surface area contributed by atoms with Crippen LogP contribution >= 0.6 is 0 Å². The van der Waals surface area contributed by atoms with Gasteiger partial charge in [-0.1, -0.05) is 0 Å². The fraction of sp³-hybridized carbons (Fsp3) is 0.625. The molecule has 22 heavy (non-hydrogen) atoms. The number of hydrogen-bond acceptors (Lipinski definition) is 4. The Kier molecular flexibility index (Phi) is 4.49. The molecule has 1 aromatic carbocycles. The van der Waals surface area contributed by atoms with Gasteiger partial charge >= 0.3 is 0 Å². The van der Waals surface area contributed by atoms with Gasteiger partial charge in [-0.2, -0.15) is 0 Å². The lowest BCUT2D eigenvalue weighted by molar-refractivity contribution is 0.0158. The molecule has 3 rings (SSSR count). The Balaban J connectivity index is 1.81. The zero-order valence-electron chi connectivity index (χ0n) is 12.8. The summed E-state index contributed by atoms with van der Waals surface area (Å²) < 4.78 is 38.8. The number of benzene rings is 1. The molecule has 2 aliphatic heterocycles. The molecule has 1 N–H and O–H groups in total. The summed E-state index contributed by atoms with van der Waals surface area (Å²) in [6.07, 6.45) is 0.593. The largest absolute Gasteiger partial charge is 0.486 e. The van der Waals surface area contributed by atoms with Crippen molar-refractivity contribution in [3.05, 3.63) is 23.3 Å². The molecular weight excluding hydrogens is 290 g/mol. The molecule has 1 aromatic rings. The van der Waals surface area contributed by atoms with Gasteiger partial charge in [-0.05, 0) is 24.1 Å². The predicted molar refractivity (Wildman–Crippen MR) is 80.0 cm³/mol. The van der Waals surface area contributed by atoms with Gasteiger partial charge in [0, 0.05) is 45.2 Å². The average Bonchev–Trinajstić information content (AvgIpc) is 2.52. The van der Waals surface area contributed by atoms with Crippen molar-refractivity contribution in [1.82, 2.24) is 10.2 Å². The summed E-state index contributed by atoms with van der Waals surface area (Å²) in [4.78, 5) is 2.30. The molecule has 0 spiro atoms. The van der Waals surface area contributed by atoms with E-state index in [9.17, 15) is 8.78 Å². The third-order valence-electron chi connectivity index (χ3n) is 4.15. The van der Waals surface area contributed by atoms with Crippen LogP contribution in [0.3, 0.4) is 0 Å². The molecule has 122 valence electrons. The number of halogens is 2. The highest BCUT2D eigenvalue weighted by molar-refractivity contribution is 5.49. The monoisotopic (exact) mass is 312 g/mol. The lowest BCUT2D eigenvalue weighted by Gasteiger charge is -2.28. The van der Waals surface area contributed by atoms with Crippen molar-refractivity contribution in [2.24, 2.45) is 0 Å². The van der Waals surface area contributed by atoms with Crippen LogP contribution in [0, 0.1) is 0 Å². The number of piperazine rings is 1.